The monoisotopic (exact) mass is 347 g/mol. The molecule has 0 radical (unpaired) electrons. The van der Waals surface area contributed by atoms with Gasteiger partial charge in [-0.2, -0.15) is 0 Å². The van der Waals surface area contributed by atoms with Crippen molar-refractivity contribution >= 4 is 11.9 Å². The van der Waals surface area contributed by atoms with Crippen LogP contribution in [0.25, 0.3) is 0 Å². The van der Waals surface area contributed by atoms with Gasteiger partial charge in [0, 0.05) is 32.0 Å². The second-order valence-electron chi connectivity index (χ2n) is 7.55. The van der Waals surface area contributed by atoms with E-state index in [9.17, 15) is 9.90 Å². The van der Waals surface area contributed by atoms with Gasteiger partial charge in [-0.1, -0.05) is 12.8 Å². The zero-order chi connectivity index (χ0) is 17.9. The SMILES string of the molecule is CN(C[C@]1(O)CCN(c2ncccn2)C1)C(=O)CN(C)C1CCCC1. The van der Waals surface area contributed by atoms with Gasteiger partial charge in [-0.05, 0) is 32.4 Å². The van der Waals surface area contributed by atoms with E-state index in [4.69, 9.17) is 0 Å². The first kappa shape index (κ1) is 18.1. The van der Waals surface area contributed by atoms with Crippen LogP contribution >= 0.6 is 0 Å². The van der Waals surface area contributed by atoms with Crippen molar-refractivity contribution in [2.75, 3.05) is 45.2 Å². The fourth-order valence-corrected chi connectivity index (χ4v) is 3.95. The molecule has 1 aliphatic heterocycles. The van der Waals surface area contributed by atoms with Crippen LogP contribution in [0.5, 0.6) is 0 Å². The predicted octanol–water partition coefficient (Wildman–Crippen LogP) is 0.751. The molecule has 1 atom stereocenters. The van der Waals surface area contributed by atoms with Crippen molar-refractivity contribution in [2.24, 2.45) is 0 Å². The number of rotatable bonds is 6. The number of hydrogen-bond acceptors (Lipinski definition) is 6. The molecular formula is C18H29N5O2. The largest absolute Gasteiger partial charge is 0.386 e. The first-order valence-corrected chi connectivity index (χ1v) is 9.15. The Morgan fingerprint density at radius 1 is 1.32 bits per heavy atom. The van der Waals surface area contributed by atoms with Crippen LogP contribution in [0.1, 0.15) is 32.1 Å². The number of nitrogens with zero attached hydrogens (tertiary/aromatic N) is 5. The fourth-order valence-electron chi connectivity index (χ4n) is 3.95. The highest BCUT2D eigenvalue weighted by Crippen LogP contribution is 2.25. The number of aromatic nitrogens is 2. The summed E-state index contributed by atoms with van der Waals surface area (Å²) in [5, 5.41) is 10.9. The van der Waals surface area contributed by atoms with E-state index in [1.807, 2.05) is 11.9 Å². The van der Waals surface area contributed by atoms with Gasteiger partial charge in [-0.3, -0.25) is 9.69 Å². The van der Waals surface area contributed by atoms with Crippen LogP contribution in [0, 0.1) is 0 Å². The highest BCUT2D eigenvalue weighted by molar-refractivity contribution is 5.78. The molecule has 0 aromatic carbocycles. The molecule has 138 valence electrons. The van der Waals surface area contributed by atoms with Crippen LogP contribution in [-0.4, -0.2) is 82.7 Å². The van der Waals surface area contributed by atoms with E-state index in [1.165, 1.54) is 25.7 Å². The molecular weight excluding hydrogens is 318 g/mol. The van der Waals surface area contributed by atoms with E-state index in [2.05, 4.69) is 14.9 Å². The van der Waals surface area contributed by atoms with Gasteiger partial charge in [0.2, 0.25) is 11.9 Å². The Morgan fingerprint density at radius 2 is 2.00 bits per heavy atom. The van der Waals surface area contributed by atoms with Gasteiger partial charge in [0.1, 0.15) is 5.60 Å². The highest BCUT2D eigenvalue weighted by atomic mass is 16.3. The maximum atomic E-state index is 12.5. The fraction of sp³-hybridized carbons (Fsp3) is 0.722. The molecule has 0 bridgehead atoms. The topological polar surface area (TPSA) is 72.8 Å². The number of aliphatic hydroxyl groups is 1. The minimum Gasteiger partial charge on any atom is -0.386 e. The van der Waals surface area contributed by atoms with Crippen LogP contribution in [0.2, 0.25) is 0 Å². The van der Waals surface area contributed by atoms with Crippen molar-refractivity contribution in [1.29, 1.82) is 0 Å². The Hall–Kier alpha value is -1.73. The maximum Gasteiger partial charge on any atom is 0.236 e. The lowest BCUT2D eigenvalue weighted by atomic mass is 10.0. The summed E-state index contributed by atoms with van der Waals surface area (Å²) in [7, 11) is 3.81. The molecule has 1 aromatic rings. The first-order valence-electron chi connectivity index (χ1n) is 9.15. The van der Waals surface area contributed by atoms with Crippen molar-refractivity contribution in [3.8, 4) is 0 Å². The molecule has 0 spiro atoms. The maximum absolute atomic E-state index is 12.5. The van der Waals surface area contributed by atoms with Gasteiger partial charge in [-0.15, -0.1) is 0 Å². The number of hydrogen-bond donors (Lipinski definition) is 1. The lowest BCUT2D eigenvalue weighted by Gasteiger charge is -2.31. The smallest absolute Gasteiger partial charge is 0.236 e. The van der Waals surface area contributed by atoms with Crippen molar-refractivity contribution in [3.63, 3.8) is 0 Å². The van der Waals surface area contributed by atoms with Crippen LogP contribution in [0.15, 0.2) is 18.5 Å². The highest BCUT2D eigenvalue weighted by Gasteiger charge is 2.39. The summed E-state index contributed by atoms with van der Waals surface area (Å²) < 4.78 is 0. The van der Waals surface area contributed by atoms with E-state index in [1.54, 1.807) is 30.4 Å². The molecule has 3 rings (SSSR count). The molecule has 1 saturated heterocycles. The summed E-state index contributed by atoms with van der Waals surface area (Å²) >= 11 is 0. The molecule has 2 aliphatic rings. The average Bonchev–Trinajstić information content (AvgIpc) is 3.25. The summed E-state index contributed by atoms with van der Waals surface area (Å²) in [6.45, 7) is 1.91. The Balaban J connectivity index is 1.51. The summed E-state index contributed by atoms with van der Waals surface area (Å²) in [5.74, 6) is 0.700. The lowest BCUT2D eigenvalue weighted by molar-refractivity contribution is -0.134. The molecule has 0 unspecified atom stereocenters. The lowest BCUT2D eigenvalue weighted by Crippen LogP contribution is -2.48. The third kappa shape index (κ3) is 4.46. The second-order valence-corrected chi connectivity index (χ2v) is 7.55. The molecule has 2 fully saturated rings. The zero-order valence-corrected chi connectivity index (χ0v) is 15.3. The molecule has 1 aromatic heterocycles. The third-order valence-corrected chi connectivity index (χ3v) is 5.46. The van der Waals surface area contributed by atoms with E-state index in [0.717, 1.165) is 0 Å². The predicted molar refractivity (Wildman–Crippen MR) is 96.3 cm³/mol. The molecule has 25 heavy (non-hydrogen) atoms. The zero-order valence-electron chi connectivity index (χ0n) is 15.3. The Morgan fingerprint density at radius 3 is 2.68 bits per heavy atom. The number of β-amino-alcohol motifs (C(OH)–C–C–N with tert-alkyl or cyclic N) is 1. The van der Waals surface area contributed by atoms with E-state index >= 15 is 0 Å². The van der Waals surface area contributed by atoms with Crippen LogP contribution in [-0.2, 0) is 4.79 Å². The third-order valence-electron chi connectivity index (χ3n) is 5.46. The van der Waals surface area contributed by atoms with Gasteiger partial charge in [-0.25, -0.2) is 9.97 Å². The number of carbonyl (C=O) groups excluding carboxylic acids is 1. The number of anilines is 1. The quantitative estimate of drug-likeness (QED) is 0.819. The molecule has 1 aliphatic carbocycles. The van der Waals surface area contributed by atoms with Crippen LogP contribution in [0.3, 0.4) is 0 Å². The van der Waals surface area contributed by atoms with Crippen LogP contribution in [0.4, 0.5) is 5.95 Å². The van der Waals surface area contributed by atoms with Gasteiger partial charge >= 0.3 is 0 Å². The Bertz CT molecular complexity index is 578. The molecule has 1 amide bonds. The minimum atomic E-state index is -0.907. The van der Waals surface area contributed by atoms with Gasteiger partial charge in [0.15, 0.2) is 0 Å². The summed E-state index contributed by atoms with van der Waals surface area (Å²) in [6, 6.07) is 2.30. The molecule has 1 saturated carbocycles. The van der Waals surface area contributed by atoms with Gasteiger partial charge in [0.05, 0.1) is 19.6 Å². The van der Waals surface area contributed by atoms with Crippen molar-refractivity contribution < 1.29 is 9.90 Å². The normalized spacial score (nSPS) is 24.2. The van der Waals surface area contributed by atoms with Gasteiger partial charge < -0.3 is 14.9 Å². The molecule has 7 heteroatoms. The second kappa shape index (κ2) is 7.66. The molecule has 2 heterocycles. The van der Waals surface area contributed by atoms with E-state index < -0.39 is 5.60 Å². The first-order chi connectivity index (χ1) is 12.0. The number of carbonyl (C=O) groups is 1. The average molecular weight is 347 g/mol. The summed E-state index contributed by atoms with van der Waals surface area (Å²) in [6.07, 6.45) is 8.91. The van der Waals surface area contributed by atoms with E-state index in [-0.39, 0.29) is 5.91 Å². The molecule has 1 N–H and O–H groups in total. The van der Waals surface area contributed by atoms with Gasteiger partial charge in [0.25, 0.3) is 0 Å². The van der Waals surface area contributed by atoms with Crippen molar-refractivity contribution in [1.82, 2.24) is 19.8 Å². The Labute approximate surface area is 149 Å². The van der Waals surface area contributed by atoms with Crippen molar-refractivity contribution in [2.45, 2.75) is 43.7 Å². The summed E-state index contributed by atoms with van der Waals surface area (Å²) in [5.41, 5.74) is -0.907. The minimum absolute atomic E-state index is 0.0669. The number of amides is 1. The van der Waals surface area contributed by atoms with Crippen molar-refractivity contribution in [3.05, 3.63) is 18.5 Å². The number of likely N-dealkylation sites (N-methyl/N-ethyl adjacent to an activating group) is 2. The van der Waals surface area contributed by atoms with Crippen LogP contribution < -0.4 is 4.90 Å². The Kier molecular flexibility index (Phi) is 5.54. The van der Waals surface area contributed by atoms with E-state index in [0.29, 0.717) is 44.6 Å². The molecule has 7 nitrogen and oxygen atoms in total. The summed E-state index contributed by atoms with van der Waals surface area (Å²) in [4.78, 5) is 26.8. The standard InChI is InChI=1S/C18H29N5O2/c1-21(15-6-3-4-7-15)12-16(24)22(2)13-18(25)8-11-23(14-18)17-19-9-5-10-20-17/h5,9-10,15,25H,3-4,6-8,11-14H2,1-2H3/t18-/m1/s1.